The number of aryl methyl sites for hydroxylation is 1. The molecule has 1 saturated heterocycles. The Labute approximate surface area is 291 Å². The minimum atomic E-state index is -4.35. The maximum absolute atomic E-state index is 13.4. The summed E-state index contributed by atoms with van der Waals surface area (Å²) in [7, 11) is -4.35. The molecular formula is C29H37N13O6S2. The number of nitrogens with two attached hydrogens (primary N) is 1. The van der Waals surface area contributed by atoms with Crippen LogP contribution in [-0.2, 0) is 32.6 Å². The summed E-state index contributed by atoms with van der Waals surface area (Å²) < 4.78 is 44.3. The molecule has 3 aromatic heterocycles. The average molecular weight is 728 g/mol. The second-order valence-corrected chi connectivity index (χ2v) is 14.4. The first-order valence-corrected chi connectivity index (χ1v) is 18.6. The number of rotatable bonds is 11. The molecule has 1 aromatic carbocycles. The number of hydrogen-bond acceptors (Lipinski definition) is 16. The number of H-pyrrole nitrogens is 1. The Morgan fingerprint density at radius 2 is 1.82 bits per heavy atom. The van der Waals surface area contributed by atoms with E-state index in [2.05, 4.69) is 45.9 Å². The third kappa shape index (κ3) is 6.65. The van der Waals surface area contributed by atoms with Gasteiger partial charge in [0.1, 0.15) is 4.90 Å². The number of carbonyl (C=O) groups is 2. The summed E-state index contributed by atoms with van der Waals surface area (Å²) in [5, 5.41) is 27.2. The molecule has 7 rings (SSSR count). The number of ether oxygens (including phenoxy) is 2. The van der Waals surface area contributed by atoms with E-state index in [9.17, 15) is 18.0 Å². The van der Waals surface area contributed by atoms with Gasteiger partial charge in [0.15, 0.2) is 11.4 Å². The number of anilines is 3. The van der Waals surface area contributed by atoms with Crippen LogP contribution in [0.25, 0.3) is 11.4 Å². The van der Waals surface area contributed by atoms with E-state index < -0.39 is 22.0 Å². The number of aromatic nitrogens is 8. The first kappa shape index (κ1) is 33.9. The van der Waals surface area contributed by atoms with E-state index in [0.717, 1.165) is 19.5 Å². The minimum Gasteiger partial charge on any atom is -0.461 e. The number of tetrazole rings is 1. The molecule has 3 aliphatic rings. The zero-order valence-electron chi connectivity index (χ0n) is 27.3. The van der Waals surface area contributed by atoms with Gasteiger partial charge in [-0.15, -0.1) is 10.2 Å². The van der Waals surface area contributed by atoms with Crippen LogP contribution in [0.3, 0.4) is 0 Å². The van der Waals surface area contributed by atoms with E-state index in [-0.39, 0.29) is 58.9 Å². The number of sulfonamides is 1. The molecule has 0 saturated carbocycles. The van der Waals surface area contributed by atoms with Crippen molar-refractivity contribution in [3.63, 3.8) is 0 Å². The lowest BCUT2D eigenvalue weighted by molar-refractivity contribution is 0.0510. The van der Waals surface area contributed by atoms with Crippen LogP contribution in [0.5, 0.6) is 0 Å². The van der Waals surface area contributed by atoms with Crippen LogP contribution >= 0.6 is 11.9 Å². The Morgan fingerprint density at radius 1 is 1.06 bits per heavy atom. The Balaban J connectivity index is 1.30. The number of primary sulfonamides is 1. The monoisotopic (exact) mass is 727 g/mol. The van der Waals surface area contributed by atoms with Gasteiger partial charge in [-0.2, -0.15) is 5.21 Å². The van der Waals surface area contributed by atoms with Gasteiger partial charge in [0.25, 0.3) is 0 Å². The van der Waals surface area contributed by atoms with Crippen molar-refractivity contribution >= 4 is 51.5 Å². The molecular weight excluding hydrogens is 691 g/mol. The van der Waals surface area contributed by atoms with Gasteiger partial charge in [-0.3, -0.25) is 4.72 Å². The van der Waals surface area contributed by atoms with Crippen molar-refractivity contribution in [3.05, 3.63) is 35.9 Å². The van der Waals surface area contributed by atoms with Gasteiger partial charge in [0.05, 0.1) is 24.5 Å². The molecule has 50 heavy (non-hydrogen) atoms. The topological polar surface area (TPSA) is 242 Å². The summed E-state index contributed by atoms with van der Waals surface area (Å²) in [6.45, 7) is 6.87. The van der Waals surface area contributed by atoms with Crippen molar-refractivity contribution in [3.8, 4) is 11.4 Å². The number of nitrogens with zero attached hydrogens (tertiary/aromatic N) is 8. The molecule has 3 aliphatic heterocycles. The normalized spacial score (nSPS) is 20.2. The zero-order valence-corrected chi connectivity index (χ0v) is 29.0. The fraction of sp³-hybridized carbons (Fsp3) is 0.483. The fourth-order valence-electron chi connectivity index (χ4n) is 6.55. The largest absolute Gasteiger partial charge is 0.461 e. The van der Waals surface area contributed by atoms with Gasteiger partial charge in [-0.05, 0) is 62.5 Å². The highest BCUT2D eigenvalue weighted by molar-refractivity contribution is 7.98. The summed E-state index contributed by atoms with van der Waals surface area (Å²) in [6, 6.07) is 3.46. The van der Waals surface area contributed by atoms with Gasteiger partial charge < -0.3 is 34.1 Å². The van der Waals surface area contributed by atoms with Crippen LogP contribution in [0.15, 0.2) is 34.3 Å². The molecule has 19 nitrogen and oxygen atoms in total. The van der Waals surface area contributed by atoms with Crippen molar-refractivity contribution in [2.45, 2.75) is 61.7 Å². The molecule has 0 amide bonds. The summed E-state index contributed by atoms with van der Waals surface area (Å²) in [5.41, 5.74) is 0.856. The van der Waals surface area contributed by atoms with Crippen molar-refractivity contribution in [2.24, 2.45) is 11.1 Å². The number of carbonyl (C=O) groups excluding carboxylic acids is 2. The summed E-state index contributed by atoms with van der Waals surface area (Å²) in [5.74, 6) is -0.253. The molecule has 266 valence electrons. The van der Waals surface area contributed by atoms with Crippen LogP contribution < -0.4 is 25.4 Å². The van der Waals surface area contributed by atoms with Crippen LogP contribution in [0.1, 0.15) is 47.7 Å². The number of nitrogens with one attached hydrogen (secondary N) is 4. The lowest BCUT2D eigenvalue weighted by atomic mass is 9.93. The second-order valence-electron chi connectivity index (χ2n) is 12.0. The highest BCUT2D eigenvalue weighted by atomic mass is 32.2. The van der Waals surface area contributed by atoms with E-state index in [4.69, 9.17) is 14.6 Å². The number of fused-ring (bicyclic) bond motifs is 2. The van der Waals surface area contributed by atoms with Crippen molar-refractivity contribution in [1.82, 2.24) is 49.8 Å². The van der Waals surface area contributed by atoms with Crippen molar-refractivity contribution < 1.29 is 27.5 Å². The lowest BCUT2D eigenvalue weighted by Crippen LogP contribution is -2.46. The average Bonchev–Trinajstić information content (AvgIpc) is 3.93. The first-order chi connectivity index (χ1) is 24.1. The number of aromatic amines is 1. The van der Waals surface area contributed by atoms with Gasteiger partial charge in [-0.1, -0.05) is 0 Å². The standard InChI is InChI=1S/C29H37N13O6S2/c1-3-47-26(43)19-14-40-10-8-18(32-28(40)33-19)16-12-41-15-20(27(44)48-4-2)34-29(41)42(13-16)21-5-6-22(49-37-17-7-9-31-11-17)24(50(30,45)46)23(21)25-35-38-39-36-25/h5-6,14-18,31,37H,3-4,7-13H2,1-2H3,(H,32,33)(H2,30,45,46)(H,35,36,38,39)/t16?,17-,18?/m1/s1. The third-order valence-electron chi connectivity index (χ3n) is 8.80. The fourth-order valence-corrected chi connectivity index (χ4v) is 8.68. The maximum atomic E-state index is 13.4. The summed E-state index contributed by atoms with van der Waals surface area (Å²) >= 11 is 1.17. The van der Waals surface area contributed by atoms with E-state index in [1.807, 2.05) is 14.0 Å². The van der Waals surface area contributed by atoms with Crippen molar-refractivity contribution in [2.75, 3.05) is 43.1 Å². The van der Waals surface area contributed by atoms with Crippen LogP contribution in [-0.4, -0.2) is 105 Å². The number of esters is 2. The number of benzene rings is 1. The Kier molecular flexibility index (Phi) is 9.48. The number of imidazole rings is 2. The Bertz CT molecular complexity index is 1990. The molecule has 0 radical (unpaired) electrons. The van der Waals surface area contributed by atoms with E-state index in [0.29, 0.717) is 48.5 Å². The van der Waals surface area contributed by atoms with E-state index >= 15 is 0 Å². The first-order valence-electron chi connectivity index (χ1n) is 16.2. The molecule has 0 aliphatic carbocycles. The van der Waals surface area contributed by atoms with E-state index in [1.165, 1.54) is 11.9 Å². The molecule has 6 N–H and O–H groups in total. The summed E-state index contributed by atoms with van der Waals surface area (Å²) in [6.07, 6.45) is 4.88. The van der Waals surface area contributed by atoms with Crippen molar-refractivity contribution in [1.29, 1.82) is 0 Å². The van der Waals surface area contributed by atoms with Crippen LogP contribution in [0, 0.1) is 5.92 Å². The zero-order chi connectivity index (χ0) is 35.0. The molecule has 0 spiro atoms. The lowest BCUT2D eigenvalue weighted by Gasteiger charge is -2.40. The smallest absolute Gasteiger partial charge is 0.358 e. The molecule has 1 fully saturated rings. The molecule has 0 bridgehead atoms. The molecule has 3 atom stereocenters. The van der Waals surface area contributed by atoms with Gasteiger partial charge >= 0.3 is 11.9 Å². The molecule has 6 heterocycles. The highest BCUT2D eigenvalue weighted by Crippen LogP contribution is 2.44. The number of hydrogen-bond donors (Lipinski definition) is 5. The quantitative estimate of drug-likeness (QED) is 0.106. The maximum Gasteiger partial charge on any atom is 0.358 e. The summed E-state index contributed by atoms with van der Waals surface area (Å²) in [4.78, 5) is 36.5. The Hall–Kier alpha value is -4.57. The molecule has 2 unspecified atom stereocenters. The third-order valence-corrected chi connectivity index (χ3v) is 10.9. The predicted octanol–water partition coefficient (Wildman–Crippen LogP) is 0.871. The van der Waals surface area contributed by atoms with Gasteiger partial charge in [-0.25, -0.2) is 33.1 Å². The minimum absolute atomic E-state index is 0.0177. The van der Waals surface area contributed by atoms with Gasteiger partial charge in [0, 0.05) is 61.5 Å². The molecule has 21 heteroatoms. The predicted molar refractivity (Wildman–Crippen MR) is 180 cm³/mol. The second kappa shape index (κ2) is 14.0. The van der Waals surface area contributed by atoms with Crippen LogP contribution in [0.2, 0.25) is 0 Å². The van der Waals surface area contributed by atoms with E-state index in [1.54, 1.807) is 38.4 Å². The van der Waals surface area contributed by atoms with Gasteiger partial charge in [0.2, 0.25) is 27.7 Å². The highest BCUT2D eigenvalue weighted by Gasteiger charge is 2.38. The SMILES string of the molecule is CCOC(=O)c1cn2c(n1)NC(C1CN(c3ccc(SN[C@@H]4CCNC4)c(S(N)(=O)=O)c3-c3nn[nH]n3)c3nc(C(=O)OCC)cn3C1)CC2. The molecule has 4 aromatic rings. The van der Waals surface area contributed by atoms with Crippen LogP contribution in [0.4, 0.5) is 17.6 Å². The Morgan fingerprint density at radius 3 is 2.50 bits per heavy atom.